The second-order valence-electron chi connectivity index (χ2n) is 4.16. The first-order valence-electron chi connectivity index (χ1n) is 6.51. The van der Waals surface area contributed by atoms with E-state index < -0.39 is 0 Å². The van der Waals surface area contributed by atoms with Crippen LogP contribution in [-0.4, -0.2) is 41.3 Å². The minimum atomic E-state index is -0.174. The summed E-state index contributed by atoms with van der Waals surface area (Å²) < 4.78 is 5.50. The number of nitrogens with zero attached hydrogens (tertiary/aromatic N) is 1. The van der Waals surface area contributed by atoms with E-state index in [-0.39, 0.29) is 12.6 Å². The van der Waals surface area contributed by atoms with Crippen LogP contribution in [0.3, 0.4) is 0 Å². The van der Waals surface area contributed by atoms with Gasteiger partial charge in [0.2, 0.25) is 0 Å². The van der Waals surface area contributed by atoms with Crippen molar-refractivity contribution in [2.45, 2.75) is 19.9 Å². The second-order valence-corrected chi connectivity index (χ2v) is 4.63. The lowest BCUT2D eigenvalue weighted by Gasteiger charge is -2.29. The van der Waals surface area contributed by atoms with E-state index in [0.717, 1.165) is 17.9 Å². The van der Waals surface area contributed by atoms with E-state index >= 15 is 0 Å². The van der Waals surface area contributed by atoms with Gasteiger partial charge >= 0.3 is 0 Å². The van der Waals surface area contributed by atoms with Crippen molar-refractivity contribution in [3.05, 3.63) is 29.8 Å². The maximum absolute atomic E-state index is 9.13. The summed E-state index contributed by atoms with van der Waals surface area (Å²) in [6.07, 6.45) is 0. The van der Waals surface area contributed by atoms with Gasteiger partial charge in [-0.3, -0.25) is 4.90 Å². The van der Waals surface area contributed by atoms with Crippen molar-refractivity contribution in [2.75, 3.05) is 26.3 Å². The zero-order valence-electron chi connectivity index (χ0n) is 11.5. The molecule has 0 fully saturated rings. The van der Waals surface area contributed by atoms with Crippen LogP contribution < -0.4 is 10.5 Å². The molecular formula is C14H22N2O2S. The summed E-state index contributed by atoms with van der Waals surface area (Å²) in [5, 5.41) is 9.13. The number of aliphatic hydroxyl groups is 1. The largest absolute Gasteiger partial charge is 0.494 e. The van der Waals surface area contributed by atoms with E-state index in [1.54, 1.807) is 0 Å². The highest BCUT2D eigenvalue weighted by atomic mass is 32.1. The Morgan fingerprint density at radius 2 is 2.21 bits per heavy atom. The third kappa shape index (κ3) is 4.45. The Bertz CT molecular complexity index is 412. The maximum atomic E-state index is 9.13. The molecule has 106 valence electrons. The molecule has 0 aliphatic carbocycles. The van der Waals surface area contributed by atoms with Crippen molar-refractivity contribution in [2.24, 2.45) is 5.73 Å². The van der Waals surface area contributed by atoms with Crippen LogP contribution in [-0.2, 0) is 0 Å². The van der Waals surface area contributed by atoms with Gasteiger partial charge in [0.25, 0.3) is 0 Å². The van der Waals surface area contributed by atoms with Crippen molar-refractivity contribution >= 4 is 17.2 Å². The molecule has 0 saturated carbocycles. The molecule has 1 unspecified atom stereocenters. The van der Waals surface area contributed by atoms with Gasteiger partial charge < -0.3 is 15.6 Å². The smallest absolute Gasteiger partial charge is 0.119 e. The average Bonchev–Trinajstić information content (AvgIpc) is 2.38. The minimum absolute atomic E-state index is 0.0815. The number of nitrogens with two attached hydrogens (primary N) is 1. The van der Waals surface area contributed by atoms with Crippen molar-refractivity contribution in [1.29, 1.82) is 0 Å². The van der Waals surface area contributed by atoms with Gasteiger partial charge in [-0.05, 0) is 31.2 Å². The fraction of sp³-hybridized carbons (Fsp3) is 0.500. The molecular weight excluding hydrogens is 260 g/mol. The zero-order valence-corrected chi connectivity index (χ0v) is 12.3. The minimum Gasteiger partial charge on any atom is -0.494 e. The van der Waals surface area contributed by atoms with Crippen LogP contribution in [0.4, 0.5) is 0 Å². The van der Waals surface area contributed by atoms with E-state index in [9.17, 15) is 0 Å². The number of hydrogen-bond acceptors (Lipinski definition) is 4. The van der Waals surface area contributed by atoms with Gasteiger partial charge in [-0.2, -0.15) is 0 Å². The molecule has 5 heteroatoms. The molecule has 3 N–H and O–H groups in total. The number of rotatable bonds is 8. The van der Waals surface area contributed by atoms with E-state index in [0.29, 0.717) is 18.1 Å². The van der Waals surface area contributed by atoms with Crippen LogP contribution in [0.2, 0.25) is 0 Å². The summed E-state index contributed by atoms with van der Waals surface area (Å²) in [6, 6.07) is 7.59. The number of benzene rings is 1. The Morgan fingerprint density at radius 1 is 1.47 bits per heavy atom. The molecule has 0 radical (unpaired) electrons. The van der Waals surface area contributed by atoms with Crippen LogP contribution in [0.15, 0.2) is 24.3 Å². The van der Waals surface area contributed by atoms with Gasteiger partial charge in [0.05, 0.1) is 24.2 Å². The van der Waals surface area contributed by atoms with Gasteiger partial charge in [0, 0.05) is 6.54 Å². The second kappa shape index (κ2) is 8.09. The zero-order chi connectivity index (χ0) is 14.3. The van der Waals surface area contributed by atoms with E-state index in [1.165, 1.54) is 0 Å². The Morgan fingerprint density at radius 3 is 2.74 bits per heavy atom. The van der Waals surface area contributed by atoms with Gasteiger partial charge in [-0.1, -0.05) is 31.3 Å². The number of likely N-dealkylation sites (N-methyl/N-ethyl adjacent to an activating group) is 1. The Hall–Kier alpha value is -1.17. The predicted molar refractivity (Wildman–Crippen MR) is 81.5 cm³/mol. The number of thiocarbonyl (C=S) groups is 1. The van der Waals surface area contributed by atoms with Crippen molar-refractivity contribution < 1.29 is 9.84 Å². The van der Waals surface area contributed by atoms with E-state index in [4.69, 9.17) is 27.8 Å². The predicted octanol–water partition coefficient (Wildman–Crippen LogP) is 1.73. The van der Waals surface area contributed by atoms with Gasteiger partial charge in [-0.15, -0.1) is 0 Å². The quantitative estimate of drug-likeness (QED) is 0.711. The highest BCUT2D eigenvalue weighted by Crippen LogP contribution is 2.24. The first-order valence-corrected chi connectivity index (χ1v) is 6.91. The molecule has 1 aromatic rings. The number of aliphatic hydroxyl groups excluding tert-OH is 1. The third-order valence-electron chi connectivity index (χ3n) is 2.91. The van der Waals surface area contributed by atoms with Crippen LogP contribution in [0.1, 0.15) is 25.5 Å². The summed E-state index contributed by atoms with van der Waals surface area (Å²) in [5.74, 6) is 0.807. The molecule has 0 aromatic heterocycles. The fourth-order valence-corrected chi connectivity index (χ4v) is 2.38. The highest BCUT2D eigenvalue weighted by Gasteiger charge is 2.21. The molecule has 0 aliphatic heterocycles. The van der Waals surface area contributed by atoms with Gasteiger partial charge in [-0.25, -0.2) is 0 Å². The summed E-state index contributed by atoms with van der Waals surface area (Å²) in [4.78, 5) is 2.46. The average molecular weight is 282 g/mol. The molecule has 4 nitrogen and oxygen atoms in total. The number of hydrogen-bond donors (Lipinski definition) is 2. The Kier molecular flexibility index (Phi) is 6.77. The Labute approximate surface area is 120 Å². The summed E-state index contributed by atoms with van der Waals surface area (Å²) in [6.45, 7) is 5.97. The van der Waals surface area contributed by atoms with Crippen molar-refractivity contribution in [3.8, 4) is 5.75 Å². The first kappa shape index (κ1) is 15.9. The van der Waals surface area contributed by atoms with Crippen LogP contribution >= 0.6 is 12.2 Å². The van der Waals surface area contributed by atoms with Crippen LogP contribution in [0, 0.1) is 0 Å². The summed E-state index contributed by atoms with van der Waals surface area (Å²) in [7, 11) is 0. The SMILES string of the molecule is CCOc1cccc(C(C(N)=S)N(CC)CCO)c1. The molecule has 0 heterocycles. The Balaban J connectivity index is 3.04. The van der Waals surface area contributed by atoms with Crippen LogP contribution in [0.5, 0.6) is 5.75 Å². The molecule has 1 aromatic carbocycles. The molecule has 1 atom stereocenters. The van der Waals surface area contributed by atoms with E-state index in [1.807, 2.05) is 43.0 Å². The number of ether oxygens (including phenoxy) is 1. The standard InChI is InChI=1S/C14H22N2O2S/c1-3-16(8-9-17)13(14(15)19)11-6-5-7-12(10-11)18-4-2/h5-7,10,13,17H,3-4,8-9H2,1-2H3,(H2,15,19). The topological polar surface area (TPSA) is 58.7 Å². The normalized spacial score (nSPS) is 12.4. The summed E-state index contributed by atoms with van der Waals surface area (Å²) in [5.41, 5.74) is 6.86. The van der Waals surface area contributed by atoms with Crippen LogP contribution in [0.25, 0.3) is 0 Å². The molecule has 0 saturated heterocycles. The lowest BCUT2D eigenvalue weighted by atomic mass is 10.0. The lowest BCUT2D eigenvalue weighted by Crippen LogP contribution is -2.38. The molecule has 1 rings (SSSR count). The maximum Gasteiger partial charge on any atom is 0.119 e. The highest BCUT2D eigenvalue weighted by molar-refractivity contribution is 7.80. The van der Waals surface area contributed by atoms with Gasteiger partial charge in [0.1, 0.15) is 5.75 Å². The van der Waals surface area contributed by atoms with E-state index in [2.05, 4.69) is 0 Å². The fourth-order valence-electron chi connectivity index (χ4n) is 2.09. The molecule has 0 amide bonds. The molecule has 0 spiro atoms. The lowest BCUT2D eigenvalue weighted by molar-refractivity contribution is 0.185. The molecule has 0 bridgehead atoms. The van der Waals surface area contributed by atoms with Gasteiger partial charge in [0.15, 0.2) is 0 Å². The monoisotopic (exact) mass is 282 g/mol. The molecule has 0 aliphatic rings. The molecule has 19 heavy (non-hydrogen) atoms. The first-order chi connectivity index (χ1) is 9.13. The third-order valence-corrected chi connectivity index (χ3v) is 3.14. The van der Waals surface area contributed by atoms with Crippen molar-refractivity contribution in [3.63, 3.8) is 0 Å². The summed E-state index contributed by atoms with van der Waals surface area (Å²) >= 11 is 5.18. The van der Waals surface area contributed by atoms with Crippen molar-refractivity contribution in [1.82, 2.24) is 4.90 Å².